The molecule has 0 rings (SSSR count). The Labute approximate surface area is 166 Å². The fourth-order valence-corrected chi connectivity index (χ4v) is 2.78. The molecule has 0 aromatic rings. The number of rotatable bonds is 14. The average molecular weight is 386 g/mol. The molecule has 1 amide bonds. The highest BCUT2D eigenvalue weighted by Gasteiger charge is 2.22. The summed E-state index contributed by atoms with van der Waals surface area (Å²) in [4.78, 5) is 12.0. The van der Waals surface area contributed by atoms with Gasteiger partial charge in [-0.3, -0.25) is 4.79 Å². The van der Waals surface area contributed by atoms with E-state index in [-0.39, 0.29) is 23.6 Å². The Hall–Kier alpha value is -0.950. The van der Waals surface area contributed by atoms with Crippen molar-refractivity contribution in [3.05, 3.63) is 11.1 Å². The lowest BCUT2D eigenvalue weighted by atomic mass is 9.92. The zero-order chi connectivity index (χ0) is 21.1. The Balaban J connectivity index is 4.01. The maximum atomic E-state index is 12.0. The molecule has 27 heavy (non-hydrogen) atoms. The van der Waals surface area contributed by atoms with Crippen LogP contribution in [0.2, 0.25) is 0 Å². The number of aliphatic hydroxyl groups is 2. The molecule has 0 saturated heterocycles. The maximum Gasteiger partial charge on any atom is 0.220 e. The molecule has 0 aromatic heterocycles. The van der Waals surface area contributed by atoms with Gasteiger partial charge in [-0.25, -0.2) is 0 Å². The van der Waals surface area contributed by atoms with Gasteiger partial charge in [-0.1, -0.05) is 5.57 Å². The van der Waals surface area contributed by atoms with Crippen LogP contribution in [0.25, 0.3) is 0 Å². The van der Waals surface area contributed by atoms with Crippen LogP contribution < -0.4 is 16.0 Å². The molecule has 0 aromatic carbocycles. The molecule has 0 aliphatic heterocycles. The number of hydrogen-bond donors (Lipinski definition) is 5. The van der Waals surface area contributed by atoms with Gasteiger partial charge in [0.25, 0.3) is 0 Å². The first kappa shape index (κ1) is 26.1. The molecule has 1 unspecified atom stereocenters. The van der Waals surface area contributed by atoms with Crippen molar-refractivity contribution >= 4 is 5.91 Å². The quantitative estimate of drug-likeness (QED) is 0.233. The highest BCUT2D eigenvalue weighted by atomic mass is 16.3. The van der Waals surface area contributed by atoms with Crippen LogP contribution in [-0.2, 0) is 4.79 Å². The fourth-order valence-electron chi connectivity index (χ4n) is 2.78. The van der Waals surface area contributed by atoms with Gasteiger partial charge < -0.3 is 26.2 Å². The van der Waals surface area contributed by atoms with Crippen molar-refractivity contribution in [3.63, 3.8) is 0 Å². The van der Waals surface area contributed by atoms with E-state index in [0.29, 0.717) is 25.9 Å². The van der Waals surface area contributed by atoms with Crippen LogP contribution in [0.4, 0.5) is 0 Å². The summed E-state index contributed by atoms with van der Waals surface area (Å²) in [7, 11) is 0. The Bertz CT molecular complexity index is 469. The Kier molecular flexibility index (Phi) is 12.1. The molecule has 1 atom stereocenters. The van der Waals surface area contributed by atoms with E-state index in [2.05, 4.69) is 29.8 Å². The Morgan fingerprint density at radius 1 is 0.963 bits per heavy atom. The third kappa shape index (κ3) is 13.0. The molecular weight excluding hydrogens is 342 g/mol. The van der Waals surface area contributed by atoms with Gasteiger partial charge in [0.05, 0.1) is 12.7 Å². The number of carbonyl (C=O) groups is 1. The van der Waals surface area contributed by atoms with Gasteiger partial charge in [-0.2, -0.15) is 0 Å². The van der Waals surface area contributed by atoms with Gasteiger partial charge >= 0.3 is 0 Å². The standard InChI is InChI=1S/C21H43N3O3/c1-16(2)17(3)18(26)15-21(6,7)23-12-8-11-22-19(27)9-10-20(4,5)24-13-14-25/h18,23-26H,8-15H2,1-7H3,(H,22,27). The number of carbonyl (C=O) groups excluding carboxylic acids is 1. The fraction of sp³-hybridized carbons (Fsp3) is 0.857. The number of hydrogen-bond acceptors (Lipinski definition) is 5. The summed E-state index contributed by atoms with van der Waals surface area (Å²) in [5.74, 6) is 0.0581. The Morgan fingerprint density at radius 3 is 2.11 bits per heavy atom. The first-order valence-corrected chi connectivity index (χ1v) is 10.1. The normalized spacial score (nSPS) is 13.4. The third-order valence-electron chi connectivity index (χ3n) is 4.96. The molecule has 0 bridgehead atoms. The number of amides is 1. The maximum absolute atomic E-state index is 12.0. The lowest BCUT2D eigenvalue weighted by molar-refractivity contribution is -0.121. The summed E-state index contributed by atoms with van der Waals surface area (Å²) in [6, 6.07) is 0. The number of nitrogens with one attached hydrogen (secondary N) is 3. The zero-order valence-electron chi connectivity index (χ0n) is 18.5. The van der Waals surface area contributed by atoms with Crippen LogP contribution in [0.3, 0.4) is 0 Å². The van der Waals surface area contributed by atoms with Crippen LogP contribution >= 0.6 is 0 Å². The van der Waals surface area contributed by atoms with Crippen molar-refractivity contribution in [1.82, 2.24) is 16.0 Å². The third-order valence-corrected chi connectivity index (χ3v) is 4.96. The minimum atomic E-state index is -0.431. The number of aliphatic hydroxyl groups excluding tert-OH is 2. The molecule has 0 saturated carbocycles. The van der Waals surface area contributed by atoms with Crippen molar-refractivity contribution < 1.29 is 15.0 Å². The van der Waals surface area contributed by atoms with E-state index in [1.54, 1.807) is 0 Å². The second kappa shape index (κ2) is 12.5. The van der Waals surface area contributed by atoms with E-state index < -0.39 is 6.10 Å². The van der Waals surface area contributed by atoms with E-state index >= 15 is 0 Å². The Morgan fingerprint density at radius 2 is 1.56 bits per heavy atom. The van der Waals surface area contributed by atoms with Gasteiger partial charge in [0.1, 0.15) is 0 Å². The van der Waals surface area contributed by atoms with Gasteiger partial charge in [0.15, 0.2) is 0 Å². The van der Waals surface area contributed by atoms with Crippen LogP contribution in [0.15, 0.2) is 11.1 Å². The largest absolute Gasteiger partial charge is 0.395 e. The summed E-state index contributed by atoms with van der Waals surface area (Å²) >= 11 is 0. The van der Waals surface area contributed by atoms with E-state index in [9.17, 15) is 9.90 Å². The van der Waals surface area contributed by atoms with E-state index in [1.807, 2.05) is 34.6 Å². The highest BCUT2D eigenvalue weighted by molar-refractivity contribution is 5.75. The number of β-amino-alcohol motifs (C(OH)–C–C–N with tert-alkyl or cyclic N) is 1. The van der Waals surface area contributed by atoms with Crippen LogP contribution in [0.1, 0.15) is 74.1 Å². The summed E-state index contributed by atoms with van der Waals surface area (Å²) in [5.41, 5.74) is 1.88. The van der Waals surface area contributed by atoms with Gasteiger partial charge in [-0.15, -0.1) is 0 Å². The molecular formula is C21H43N3O3. The van der Waals surface area contributed by atoms with Crippen molar-refractivity contribution in [2.75, 3.05) is 26.2 Å². The first-order valence-electron chi connectivity index (χ1n) is 10.1. The van der Waals surface area contributed by atoms with Gasteiger partial charge in [0.2, 0.25) is 5.91 Å². The summed E-state index contributed by atoms with van der Waals surface area (Å²) in [5, 5.41) is 28.8. The monoisotopic (exact) mass is 385 g/mol. The molecule has 5 N–H and O–H groups in total. The summed E-state index contributed by atoms with van der Waals surface area (Å²) in [6.07, 6.45) is 2.27. The minimum Gasteiger partial charge on any atom is -0.395 e. The van der Waals surface area contributed by atoms with Crippen molar-refractivity contribution in [2.24, 2.45) is 0 Å². The predicted molar refractivity (Wildman–Crippen MR) is 113 cm³/mol. The molecule has 0 aliphatic rings. The van der Waals surface area contributed by atoms with Gasteiger partial charge in [-0.05, 0) is 79.8 Å². The molecule has 0 radical (unpaired) electrons. The smallest absolute Gasteiger partial charge is 0.220 e. The molecule has 0 fully saturated rings. The molecule has 6 heteroatoms. The minimum absolute atomic E-state index is 0.0581. The molecule has 6 nitrogen and oxygen atoms in total. The van der Waals surface area contributed by atoms with E-state index in [1.165, 1.54) is 0 Å². The molecule has 0 spiro atoms. The average Bonchev–Trinajstić information content (AvgIpc) is 2.56. The molecule has 0 heterocycles. The number of allylic oxidation sites excluding steroid dienone is 1. The SMILES string of the molecule is CC(C)=C(C)C(O)CC(C)(C)NCCCNC(=O)CCC(C)(C)NCCO. The lowest BCUT2D eigenvalue weighted by Crippen LogP contribution is -2.44. The highest BCUT2D eigenvalue weighted by Crippen LogP contribution is 2.18. The lowest BCUT2D eigenvalue weighted by Gasteiger charge is -2.30. The van der Waals surface area contributed by atoms with E-state index in [4.69, 9.17) is 5.11 Å². The molecule has 0 aliphatic carbocycles. The van der Waals surface area contributed by atoms with Crippen molar-refractivity contribution in [3.8, 4) is 0 Å². The second-order valence-corrected chi connectivity index (χ2v) is 8.95. The van der Waals surface area contributed by atoms with Crippen molar-refractivity contribution in [1.29, 1.82) is 0 Å². The predicted octanol–water partition coefficient (Wildman–Crippen LogP) is 2.11. The van der Waals surface area contributed by atoms with Gasteiger partial charge in [0, 0.05) is 30.6 Å². The summed E-state index contributed by atoms with van der Waals surface area (Å²) in [6.45, 7) is 16.3. The topological polar surface area (TPSA) is 93.6 Å². The first-order chi connectivity index (χ1) is 12.4. The van der Waals surface area contributed by atoms with Crippen molar-refractivity contribution in [2.45, 2.75) is 91.3 Å². The van der Waals surface area contributed by atoms with Crippen LogP contribution in [-0.4, -0.2) is 59.5 Å². The summed E-state index contributed by atoms with van der Waals surface area (Å²) < 4.78 is 0. The van der Waals surface area contributed by atoms with Crippen LogP contribution in [0.5, 0.6) is 0 Å². The van der Waals surface area contributed by atoms with E-state index in [0.717, 1.165) is 30.5 Å². The molecule has 160 valence electrons. The second-order valence-electron chi connectivity index (χ2n) is 8.95. The zero-order valence-corrected chi connectivity index (χ0v) is 18.5. The van der Waals surface area contributed by atoms with Crippen LogP contribution in [0, 0.1) is 0 Å².